The zero-order valence-corrected chi connectivity index (χ0v) is 19.2. The number of nitrogens with zero attached hydrogens (tertiary/aromatic N) is 4. The second kappa shape index (κ2) is 8.78. The quantitative estimate of drug-likeness (QED) is 0.327. The van der Waals surface area contributed by atoms with Gasteiger partial charge in [0.05, 0.1) is 18.2 Å². The van der Waals surface area contributed by atoms with E-state index in [1.54, 1.807) is 49.0 Å². The molecule has 0 fully saturated rings. The smallest absolute Gasteiger partial charge is 0.234 e. The molecule has 0 spiro atoms. The predicted molar refractivity (Wildman–Crippen MR) is 129 cm³/mol. The lowest BCUT2D eigenvalue weighted by Crippen LogP contribution is -2.14. The molecule has 1 amide bonds. The van der Waals surface area contributed by atoms with Crippen molar-refractivity contribution in [3.8, 4) is 16.9 Å². The summed E-state index contributed by atoms with van der Waals surface area (Å²) in [6.07, 6.45) is 1.70. The third-order valence-corrected chi connectivity index (χ3v) is 6.89. The maximum absolute atomic E-state index is 12.4. The molecule has 0 unspecified atom stereocenters. The minimum absolute atomic E-state index is 0.136. The molecular weight excluding hydrogens is 466 g/mol. The molecule has 3 heterocycles. The number of hydrogen-bond acceptors (Lipinski definition) is 7. The van der Waals surface area contributed by atoms with Crippen molar-refractivity contribution >= 4 is 62.2 Å². The highest BCUT2D eigenvalue weighted by atomic mass is 35.5. The summed E-state index contributed by atoms with van der Waals surface area (Å²) in [6, 6.07) is 14.9. The van der Waals surface area contributed by atoms with Gasteiger partial charge in [0.2, 0.25) is 5.91 Å². The normalized spacial score (nSPS) is 11.2. The average Bonchev–Trinajstić information content (AvgIpc) is 3.42. The number of ether oxygens (including phenoxy) is 1. The fourth-order valence-corrected chi connectivity index (χ4v) is 5.00. The van der Waals surface area contributed by atoms with Crippen molar-refractivity contribution in [3.63, 3.8) is 0 Å². The number of aromatic nitrogens is 4. The number of carbonyl (C=O) groups is 1. The van der Waals surface area contributed by atoms with E-state index in [-0.39, 0.29) is 11.7 Å². The second-order valence-corrected chi connectivity index (χ2v) is 9.06. The Balaban J connectivity index is 1.38. The van der Waals surface area contributed by atoms with Crippen LogP contribution in [0, 0.1) is 0 Å². The van der Waals surface area contributed by atoms with Crippen LogP contribution in [-0.2, 0) is 4.79 Å². The SMILES string of the molecule is COc1ccc(NC(=O)CSc2nnc3c4c(-c5ccc(Cl)cc5)csc4ncn23)cc1. The Morgan fingerprint density at radius 3 is 2.69 bits per heavy atom. The summed E-state index contributed by atoms with van der Waals surface area (Å²) < 4.78 is 6.95. The van der Waals surface area contributed by atoms with E-state index in [9.17, 15) is 4.79 Å². The van der Waals surface area contributed by atoms with E-state index in [0.717, 1.165) is 27.1 Å². The Morgan fingerprint density at radius 1 is 1.16 bits per heavy atom. The number of carbonyl (C=O) groups excluding carboxylic acids is 1. The molecule has 0 aliphatic heterocycles. The fraction of sp³-hybridized carbons (Fsp3) is 0.0909. The minimum atomic E-state index is -0.136. The van der Waals surface area contributed by atoms with Crippen molar-refractivity contribution < 1.29 is 9.53 Å². The van der Waals surface area contributed by atoms with Gasteiger partial charge in [-0.25, -0.2) is 4.98 Å². The molecule has 0 aliphatic rings. The lowest BCUT2D eigenvalue weighted by molar-refractivity contribution is -0.113. The van der Waals surface area contributed by atoms with Crippen molar-refractivity contribution in [2.75, 3.05) is 18.2 Å². The number of benzene rings is 2. The lowest BCUT2D eigenvalue weighted by Gasteiger charge is -2.06. The molecule has 0 radical (unpaired) electrons. The molecule has 1 N–H and O–H groups in total. The van der Waals surface area contributed by atoms with Gasteiger partial charge in [0.1, 0.15) is 16.9 Å². The maximum atomic E-state index is 12.4. The van der Waals surface area contributed by atoms with Gasteiger partial charge >= 0.3 is 0 Å². The van der Waals surface area contributed by atoms with Crippen molar-refractivity contribution in [2.45, 2.75) is 5.16 Å². The van der Waals surface area contributed by atoms with E-state index in [1.807, 2.05) is 28.7 Å². The first-order valence-electron chi connectivity index (χ1n) is 9.56. The highest BCUT2D eigenvalue weighted by Gasteiger charge is 2.17. The molecule has 0 saturated heterocycles. The molecule has 2 aromatic carbocycles. The Bertz CT molecular complexity index is 1410. The Hall–Kier alpha value is -3.14. The van der Waals surface area contributed by atoms with Gasteiger partial charge in [0.25, 0.3) is 0 Å². The monoisotopic (exact) mass is 481 g/mol. The van der Waals surface area contributed by atoms with Crippen LogP contribution in [0.3, 0.4) is 0 Å². The van der Waals surface area contributed by atoms with Crippen molar-refractivity contribution in [1.82, 2.24) is 19.6 Å². The van der Waals surface area contributed by atoms with Gasteiger partial charge < -0.3 is 10.1 Å². The number of amides is 1. The van der Waals surface area contributed by atoms with Crippen LogP contribution in [0.5, 0.6) is 5.75 Å². The summed E-state index contributed by atoms with van der Waals surface area (Å²) >= 11 is 8.90. The van der Waals surface area contributed by atoms with E-state index in [4.69, 9.17) is 16.3 Å². The molecule has 0 aliphatic carbocycles. The largest absolute Gasteiger partial charge is 0.497 e. The molecule has 5 aromatic rings. The Morgan fingerprint density at radius 2 is 1.94 bits per heavy atom. The van der Waals surface area contributed by atoms with Crippen LogP contribution in [0.4, 0.5) is 5.69 Å². The van der Waals surface area contributed by atoms with E-state index >= 15 is 0 Å². The first-order chi connectivity index (χ1) is 15.6. The summed E-state index contributed by atoms with van der Waals surface area (Å²) in [4.78, 5) is 17.8. The Labute approximate surface area is 196 Å². The van der Waals surface area contributed by atoms with Crippen molar-refractivity contribution in [2.24, 2.45) is 0 Å². The number of nitrogens with one attached hydrogen (secondary N) is 1. The van der Waals surface area contributed by atoms with E-state index in [2.05, 4.69) is 25.9 Å². The molecule has 0 saturated carbocycles. The first-order valence-corrected chi connectivity index (χ1v) is 11.8. The number of methoxy groups -OCH3 is 1. The zero-order chi connectivity index (χ0) is 22.1. The number of hydrogen-bond donors (Lipinski definition) is 1. The van der Waals surface area contributed by atoms with Gasteiger partial charge in [-0.05, 0) is 42.0 Å². The predicted octanol–water partition coefficient (Wildman–Crippen LogP) is 5.40. The van der Waals surface area contributed by atoms with Crippen molar-refractivity contribution in [1.29, 1.82) is 0 Å². The average molecular weight is 482 g/mol. The number of thiophene rings is 1. The molecule has 5 rings (SSSR count). The van der Waals surface area contributed by atoms with Crippen LogP contribution in [0.1, 0.15) is 0 Å². The fourth-order valence-electron chi connectivity index (χ4n) is 3.26. The van der Waals surface area contributed by atoms with Crippen LogP contribution in [0.2, 0.25) is 5.02 Å². The number of thioether (sulfide) groups is 1. The maximum Gasteiger partial charge on any atom is 0.234 e. The first kappa shape index (κ1) is 20.7. The standard InChI is InChI=1S/C22H16ClN5O2S2/c1-30-16-8-6-15(7-9-16)25-18(29)11-32-22-27-26-20-19-17(13-2-4-14(23)5-3-13)10-31-21(19)24-12-28(20)22/h2-10,12H,11H2,1H3,(H,25,29). The topological polar surface area (TPSA) is 81.4 Å². The highest BCUT2D eigenvalue weighted by Crippen LogP contribution is 2.36. The molecule has 0 atom stereocenters. The minimum Gasteiger partial charge on any atom is -0.497 e. The second-order valence-electron chi connectivity index (χ2n) is 6.82. The summed E-state index contributed by atoms with van der Waals surface area (Å²) in [5.74, 6) is 0.791. The third-order valence-electron chi connectivity index (χ3n) is 4.81. The van der Waals surface area contributed by atoms with Gasteiger partial charge in [0, 0.05) is 21.7 Å². The number of fused-ring (bicyclic) bond motifs is 3. The Kier molecular flexibility index (Phi) is 5.69. The van der Waals surface area contributed by atoms with E-state index in [1.165, 1.54) is 11.8 Å². The van der Waals surface area contributed by atoms with Crippen LogP contribution >= 0.6 is 34.7 Å². The highest BCUT2D eigenvalue weighted by molar-refractivity contribution is 7.99. The molecule has 160 valence electrons. The van der Waals surface area contributed by atoms with Gasteiger partial charge in [-0.1, -0.05) is 35.5 Å². The third kappa shape index (κ3) is 4.02. The van der Waals surface area contributed by atoms with Gasteiger partial charge in [-0.15, -0.1) is 21.5 Å². The molecule has 32 heavy (non-hydrogen) atoms. The number of anilines is 1. The molecule has 3 aromatic heterocycles. The summed E-state index contributed by atoms with van der Waals surface area (Å²) in [6.45, 7) is 0. The lowest BCUT2D eigenvalue weighted by atomic mass is 10.1. The van der Waals surface area contributed by atoms with Crippen LogP contribution < -0.4 is 10.1 Å². The van der Waals surface area contributed by atoms with Crippen LogP contribution in [-0.4, -0.2) is 38.4 Å². The van der Waals surface area contributed by atoms with Gasteiger partial charge in [-0.2, -0.15) is 0 Å². The van der Waals surface area contributed by atoms with Crippen LogP contribution in [0.25, 0.3) is 27.0 Å². The number of halogens is 1. The molecule has 7 nitrogen and oxygen atoms in total. The molecule has 0 bridgehead atoms. The molecule has 10 heteroatoms. The summed E-state index contributed by atoms with van der Waals surface area (Å²) in [7, 11) is 1.60. The summed E-state index contributed by atoms with van der Waals surface area (Å²) in [5, 5.41) is 15.8. The van der Waals surface area contributed by atoms with Gasteiger partial charge in [-0.3, -0.25) is 9.20 Å². The van der Waals surface area contributed by atoms with Gasteiger partial charge in [0.15, 0.2) is 10.8 Å². The van der Waals surface area contributed by atoms with Crippen molar-refractivity contribution in [3.05, 3.63) is 65.3 Å². The number of rotatable bonds is 6. The molecular formula is C22H16ClN5O2S2. The van der Waals surface area contributed by atoms with Crippen LogP contribution in [0.15, 0.2) is 65.4 Å². The van der Waals surface area contributed by atoms with E-state index < -0.39 is 0 Å². The van der Waals surface area contributed by atoms with E-state index in [0.29, 0.717) is 21.5 Å². The zero-order valence-electron chi connectivity index (χ0n) is 16.8. The summed E-state index contributed by atoms with van der Waals surface area (Å²) in [5.41, 5.74) is 3.48.